The Morgan fingerprint density at radius 2 is 1.96 bits per heavy atom. The molecule has 0 aliphatic rings. The van der Waals surface area contributed by atoms with Crippen LogP contribution in [0.15, 0.2) is 47.1 Å². The number of nitrogens with zero attached hydrogens (tertiary/aromatic N) is 1. The van der Waals surface area contributed by atoms with Gasteiger partial charge >= 0.3 is 6.18 Å². The molecule has 3 rings (SSSR count). The monoisotopic (exact) mass is 398 g/mol. The second-order valence-electron chi connectivity index (χ2n) is 5.61. The number of nitro groups is 1. The molecule has 0 aliphatic carbocycles. The second kappa shape index (κ2) is 6.92. The van der Waals surface area contributed by atoms with Crippen LogP contribution in [0.25, 0.3) is 11.0 Å². The highest BCUT2D eigenvalue weighted by molar-refractivity contribution is 6.31. The molecule has 0 spiro atoms. The summed E-state index contributed by atoms with van der Waals surface area (Å²) in [7, 11) is 0. The molecule has 3 aromatic rings. The Labute approximate surface area is 154 Å². The zero-order valence-corrected chi connectivity index (χ0v) is 14.1. The number of benzene rings is 2. The van der Waals surface area contributed by atoms with E-state index in [-0.39, 0.29) is 12.1 Å². The molecule has 2 aromatic carbocycles. The van der Waals surface area contributed by atoms with Crippen molar-refractivity contribution in [3.63, 3.8) is 0 Å². The summed E-state index contributed by atoms with van der Waals surface area (Å²) in [5.41, 5.74) is -1.37. The zero-order valence-electron chi connectivity index (χ0n) is 13.3. The Morgan fingerprint density at radius 1 is 1.22 bits per heavy atom. The van der Waals surface area contributed by atoms with E-state index in [1.807, 2.05) is 0 Å². The number of amides is 1. The van der Waals surface area contributed by atoms with E-state index in [0.29, 0.717) is 33.7 Å². The number of hydrogen-bond donors (Lipinski definition) is 1. The molecular formula is C17H10ClF3N2O4. The number of anilines is 1. The lowest BCUT2D eigenvalue weighted by Gasteiger charge is -2.09. The van der Waals surface area contributed by atoms with Crippen molar-refractivity contribution < 1.29 is 27.3 Å². The summed E-state index contributed by atoms with van der Waals surface area (Å²) in [6, 6.07) is 6.73. The molecule has 1 aromatic heterocycles. The number of carbonyl (C=O) groups excluding carboxylic acids is 1. The Kier molecular flexibility index (Phi) is 4.79. The summed E-state index contributed by atoms with van der Waals surface area (Å²) in [6.07, 6.45) is -3.59. The molecule has 0 aliphatic heterocycles. The van der Waals surface area contributed by atoms with Crippen LogP contribution in [0.1, 0.15) is 11.1 Å². The molecule has 1 N–H and O–H groups in total. The second-order valence-corrected chi connectivity index (χ2v) is 6.05. The first-order chi connectivity index (χ1) is 12.6. The molecule has 0 unspecified atom stereocenters. The highest BCUT2D eigenvalue weighted by Crippen LogP contribution is 2.35. The fourth-order valence-corrected chi connectivity index (χ4v) is 2.70. The van der Waals surface area contributed by atoms with Gasteiger partial charge in [-0.05, 0) is 30.3 Å². The van der Waals surface area contributed by atoms with Gasteiger partial charge in [-0.15, -0.1) is 0 Å². The first-order valence-corrected chi connectivity index (χ1v) is 7.84. The number of nitro benzene ring substituents is 1. The van der Waals surface area contributed by atoms with Crippen molar-refractivity contribution in [1.29, 1.82) is 0 Å². The third-order valence-electron chi connectivity index (χ3n) is 3.76. The normalized spacial score (nSPS) is 11.6. The van der Waals surface area contributed by atoms with Crippen molar-refractivity contribution in [1.82, 2.24) is 0 Å². The highest BCUT2D eigenvalue weighted by atomic mass is 35.5. The first kappa shape index (κ1) is 18.7. The average Bonchev–Trinajstić information content (AvgIpc) is 2.96. The van der Waals surface area contributed by atoms with E-state index < -0.39 is 28.3 Å². The van der Waals surface area contributed by atoms with Crippen LogP contribution in [0.4, 0.5) is 24.5 Å². The van der Waals surface area contributed by atoms with E-state index in [1.165, 1.54) is 6.26 Å². The van der Waals surface area contributed by atoms with E-state index in [9.17, 15) is 28.1 Å². The quantitative estimate of drug-likeness (QED) is 0.484. The van der Waals surface area contributed by atoms with Gasteiger partial charge in [0.2, 0.25) is 5.91 Å². The molecule has 0 atom stereocenters. The summed E-state index contributed by atoms with van der Waals surface area (Å²) in [4.78, 5) is 22.3. The van der Waals surface area contributed by atoms with Crippen LogP contribution in [0.2, 0.25) is 5.02 Å². The van der Waals surface area contributed by atoms with Crippen LogP contribution < -0.4 is 5.32 Å². The zero-order chi connectivity index (χ0) is 19.8. The molecule has 0 bridgehead atoms. The fraction of sp³-hybridized carbons (Fsp3) is 0.118. The highest BCUT2D eigenvalue weighted by Gasteiger charge is 2.33. The Balaban J connectivity index is 1.85. The van der Waals surface area contributed by atoms with E-state index >= 15 is 0 Å². The van der Waals surface area contributed by atoms with Gasteiger partial charge in [0.15, 0.2) is 0 Å². The maximum atomic E-state index is 12.7. The lowest BCUT2D eigenvalue weighted by Crippen LogP contribution is -2.16. The average molecular weight is 399 g/mol. The maximum Gasteiger partial charge on any atom is 0.416 e. The van der Waals surface area contributed by atoms with E-state index in [1.54, 1.807) is 18.2 Å². The van der Waals surface area contributed by atoms with Gasteiger partial charge in [-0.3, -0.25) is 14.9 Å². The molecule has 1 amide bonds. The van der Waals surface area contributed by atoms with E-state index in [2.05, 4.69) is 5.32 Å². The predicted octanol–water partition coefficient (Wildman–Crippen LogP) is 5.19. The smallest absolute Gasteiger partial charge is 0.416 e. The van der Waals surface area contributed by atoms with Gasteiger partial charge in [-0.1, -0.05) is 11.6 Å². The number of hydrogen-bond acceptors (Lipinski definition) is 4. The molecule has 0 saturated heterocycles. The van der Waals surface area contributed by atoms with Crippen LogP contribution >= 0.6 is 11.6 Å². The number of rotatable bonds is 4. The van der Waals surface area contributed by atoms with Gasteiger partial charge in [0.05, 0.1) is 23.2 Å². The maximum absolute atomic E-state index is 12.7. The Morgan fingerprint density at radius 3 is 2.63 bits per heavy atom. The number of alkyl halides is 3. The molecular weight excluding hydrogens is 389 g/mol. The van der Waals surface area contributed by atoms with Gasteiger partial charge in [-0.25, -0.2) is 0 Å². The van der Waals surface area contributed by atoms with Gasteiger partial charge in [0, 0.05) is 22.0 Å². The summed E-state index contributed by atoms with van der Waals surface area (Å²) in [5.74, 6) is -0.652. The Bertz CT molecular complexity index is 1050. The number of furan rings is 1. The minimum atomic E-state index is -4.73. The van der Waals surface area contributed by atoms with Crippen LogP contribution in [-0.2, 0) is 17.4 Å². The summed E-state index contributed by atoms with van der Waals surface area (Å²) < 4.78 is 43.5. The number of nitrogens with one attached hydrogen (secondary N) is 1. The van der Waals surface area contributed by atoms with Crippen LogP contribution in [0.5, 0.6) is 0 Å². The summed E-state index contributed by atoms with van der Waals surface area (Å²) >= 11 is 5.91. The van der Waals surface area contributed by atoms with Gasteiger partial charge < -0.3 is 9.73 Å². The summed E-state index contributed by atoms with van der Waals surface area (Å²) in [5, 5.41) is 14.4. The largest absolute Gasteiger partial charge is 0.464 e. The molecule has 140 valence electrons. The topological polar surface area (TPSA) is 85.4 Å². The first-order valence-electron chi connectivity index (χ1n) is 7.46. The summed E-state index contributed by atoms with van der Waals surface area (Å²) in [6.45, 7) is 0. The van der Waals surface area contributed by atoms with Gasteiger partial charge in [-0.2, -0.15) is 13.2 Å². The SMILES string of the molecule is O=C(Cc1coc2ccc(Cl)cc12)Nc1ccc(C(F)(F)F)cc1[N+](=O)[O-]. The van der Waals surface area contributed by atoms with Crippen molar-refractivity contribution in [2.24, 2.45) is 0 Å². The number of halogens is 4. The molecule has 27 heavy (non-hydrogen) atoms. The van der Waals surface area contributed by atoms with Gasteiger partial charge in [0.1, 0.15) is 11.3 Å². The van der Waals surface area contributed by atoms with Gasteiger partial charge in [0.25, 0.3) is 5.69 Å². The molecule has 0 saturated carbocycles. The third-order valence-corrected chi connectivity index (χ3v) is 4.00. The fourth-order valence-electron chi connectivity index (χ4n) is 2.52. The molecule has 10 heteroatoms. The van der Waals surface area contributed by atoms with Crippen LogP contribution in [0, 0.1) is 10.1 Å². The molecule has 0 fully saturated rings. The minimum Gasteiger partial charge on any atom is -0.464 e. The van der Waals surface area contributed by atoms with Crippen molar-refractivity contribution in [3.8, 4) is 0 Å². The third kappa shape index (κ3) is 4.03. The minimum absolute atomic E-state index is 0.203. The molecule has 6 nitrogen and oxygen atoms in total. The lowest BCUT2D eigenvalue weighted by atomic mass is 10.1. The van der Waals surface area contributed by atoms with Crippen LogP contribution in [-0.4, -0.2) is 10.8 Å². The molecule has 0 radical (unpaired) electrons. The van der Waals surface area contributed by atoms with E-state index in [4.69, 9.17) is 16.0 Å². The van der Waals surface area contributed by atoms with Crippen molar-refractivity contribution in [3.05, 3.63) is 68.9 Å². The number of carbonyl (C=O) groups is 1. The lowest BCUT2D eigenvalue weighted by molar-refractivity contribution is -0.384. The number of fused-ring (bicyclic) bond motifs is 1. The molecule has 1 heterocycles. The standard InChI is InChI=1S/C17H10ClF3N2O4/c18-11-2-4-15-12(7-11)9(8-27-15)5-16(24)22-13-3-1-10(17(19,20)21)6-14(13)23(25)26/h1-4,6-8H,5H2,(H,22,24). The van der Waals surface area contributed by atoms with Crippen molar-refractivity contribution >= 4 is 39.9 Å². The van der Waals surface area contributed by atoms with Crippen molar-refractivity contribution in [2.75, 3.05) is 5.32 Å². The van der Waals surface area contributed by atoms with Crippen molar-refractivity contribution in [2.45, 2.75) is 12.6 Å². The predicted molar refractivity (Wildman–Crippen MR) is 91.7 cm³/mol. The van der Waals surface area contributed by atoms with E-state index in [0.717, 1.165) is 6.07 Å². The Hall–Kier alpha value is -3.07. The van der Waals surface area contributed by atoms with Crippen LogP contribution in [0.3, 0.4) is 0 Å².